The minimum atomic E-state index is -3.93. The van der Waals surface area contributed by atoms with E-state index in [2.05, 4.69) is 4.72 Å². The van der Waals surface area contributed by atoms with Gasteiger partial charge < -0.3 is 14.3 Å². The number of benzene rings is 2. The van der Waals surface area contributed by atoms with Gasteiger partial charge in [0.15, 0.2) is 5.58 Å². The molecule has 0 spiro atoms. The third-order valence-electron chi connectivity index (χ3n) is 3.45. The van der Waals surface area contributed by atoms with Gasteiger partial charge in [-0.25, -0.2) is 13.2 Å². The number of nitrogens with one attached hydrogen (secondary N) is 1. The van der Waals surface area contributed by atoms with E-state index < -0.39 is 21.7 Å². The molecular formula is C15H11N2O6S-. The van der Waals surface area contributed by atoms with Gasteiger partial charge in [-0.2, -0.15) is 0 Å². The molecule has 1 aromatic heterocycles. The molecule has 1 N–H and O–H groups in total. The number of nitrogens with zero attached hydrogens (tertiary/aromatic N) is 1. The molecule has 0 atom stereocenters. The van der Waals surface area contributed by atoms with Gasteiger partial charge in [-0.05, 0) is 29.8 Å². The molecule has 0 aliphatic carbocycles. The minimum Gasteiger partial charge on any atom is -0.545 e. The van der Waals surface area contributed by atoms with Crippen LogP contribution in [-0.2, 0) is 17.1 Å². The van der Waals surface area contributed by atoms with Crippen LogP contribution in [0, 0.1) is 0 Å². The topological polar surface area (TPSA) is 121 Å². The molecule has 0 amide bonds. The Bertz CT molecular complexity index is 1090. The predicted octanol–water partition coefficient (Wildman–Crippen LogP) is 0.296. The van der Waals surface area contributed by atoms with Crippen molar-refractivity contribution in [1.29, 1.82) is 0 Å². The number of fused-ring (bicyclic) bond motifs is 1. The zero-order valence-corrected chi connectivity index (χ0v) is 13.2. The molecule has 8 nitrogen and oxygen atoms in total. The molecule has 0 unspecified atom stereocenters. The van der Waals surface area contributed by atoms with Crippen molar-refractivity contribution in [3.05, 3.63) is 58.6 Å². The first-order chi connectivity index (χ1) is 11.3. The summed E-state index contributed by atoms with van der Waals surface area (Å²) in [7, 11) is -2.41. The molecule has 3 aromatic rings. The molecule has 1 heterocycles. The zero-order valence-electron chi connectivity index (χ0n) is 12.3. The van der Waals surface area contributed by atoms with Gasteiger partial charge in [-0.1, -0.05) is 12.1 Å². The second kappa shape index (κ2) is 5.53. The summed E-state index contributed by atoms with van der Waals surface area (Å²) in [5.74, 6) is -1.95. The van der Waals surface area contributed by atoms with Gasteiger partial charge in [0.2, 0.25) is 0 Å². The highest BCUT2D eigenvalue weighted by Crippen LogP contribution is 2.21. The Labute approximate surface area is 136 Å². The lowest BCUT2D eigenvalue weighted by Gasteiger charge is -2.09. The molecule has 3 rings (SSSR count). The molecule has 0 bridgehead atoms. The smallest absolute Gasteiger partial charge is 0.419 e. The summed E-state index contributed by atoms with van der Waals surface area (Å²) in [5.41, 5.74) is 0.745. The van der Waals surface area contributed by atoms with Gasteiger partial charge in [0.1, 0.15) is 0 Å². The molecule has 0 saturated carbocycles. The van der Waals surface area contributed by atoms with E-state index in [1.54, 1.807) is 0 Å². The summed E-state index contributed by atoms with van der Waals surface area (Å²) in [6.45, 7) is 0. The normalized spacial score (nSPS) is 11.5. The number of oxazole rings is 1. The number of carboxylic acid groups (broad SMARTS) is 1. The fraction of sp³-hybridized carbons (Fsp3) is 0.0667. The van der Waals surface area contributed by atoms with Crippen molar-refractivity contribution < 1.29 is 22.7 Å². The predicted molar refractivity (Wildman–Crippen MR) is 83.0 cm³/mol. The molecule has 0 radical (unpaired) electrons. The van der Waals surface area contributed by atoms with E-state index in [9.17, 15) is 23.1 Å². The van der Waals surface area contributed by atoms with Crippen LogP contribution in [0.3, 0.4) is 0 Å². The van der Waals surface area contributed by atoms with Crippen LogP contribution >= 0.6 is 0 Å². The van der Waals surface area contributed by atoms with Crippen molar-refractivity contribution in [2.24, 2.45) is 7.05 Å². The number of rotatable bonds is 4. The molecule has 9 heteroatoms. The van der Waals surface area contributed by atoms with E-state index >= 15 is 0 Å². The number of aryl methyl sites for hydroxylation is 1. The number of carboxylic acids is 1. The van der Waals surface area contributed by atoms with Crippen LogP contribution in [0.15, 0.2) is 56.6 Å². The van der Waals surface area contributed by atoms with E-state index in [4.69, 9.17) is 4.42 Å². The number of hydrogen-bond donors (Lipinski definition) is 1. The third-order valence-corrected chi connectivity index (χ3v) is 4.83. The molecule has 0 fully saturated rings. The van der Waals surface area contributed by atoms with Crippen molar-refractivity contribution in [1.82, 2.24) is 4.57 Å². The summed E-state index contributed by atoms with van der Waals surface area (Å²) in [6.07, 6.45) is 0. The number of carbonyl (C=O) groups is 1. The number of hydrogen-bond acceptors (Lipinski definition) is 6. The SMILES string of the molecule is Cn1c(=O)oc2cc(S(=O)(=O)Nc3ccc(C(=O)[O-])cc3)ccc21. The maximum atomic E-state index is 12.4. The quantitative estimate of drug-likeness (QED) is 0.724. The second-order valence-electron chi connectivity index (χ2n) is 5.03. The van der Waals surface area contributed by atoms with E-state index in [1.807, 2.05) is 0 Å². The first-order valence-electron chi connectivity index (χ1n) is 6.72. The summed E-state index contributed by atoms with van der Waals surface area (Å²) < 4.78 is 33.3. The van der Waals surface area contributed by atoms with E-state index in [-0.39, 0.29) is 21.7 Å². The van der Waals surface area contributed by atoms with Crippen LogP contribution in [0.2, 0.25) is 0 Å². The number of carbonyl (C=O) groups excluding carboxylic acids is 1. The standard InChI is InChI=1S/C15H12N2O6S/c1-17-12-7-6-11(8-13(12)23-15(17)20)24(21,22)16-10-4-2-9(3-5-10)14(18)19/h2-8,16H,1H3,(H,18,19)/p-1. The Morgan fingerprint density at radius 3 is 2.46 bits per heavy atom. The number of aromatic nitrogens is 1. The highest BCUT2D eigenvalue weighted by atomic mass is 32.2. The molecule has 24 heavy (non-hydrogen) atoms. The lowest BCUT2D eigenvalue weighted by Crippen LogP contribution is -2.22. The van der Waals surface area contributed by atoms with Crippen LogP contribution in [0.5, 0.6) is 0 Å². The van der Waals surface area contributed by atoms with Crippen LogP contribution in [0.25, 0.3) is 11.1 Å². The minimum absolute atomic E-state index is 0.0644. The van der Waals surface area contributed by atoms with Crippen LogP contribution < -0.4 is 15.6 Å². The molecule has 0 saturated heterocycles. The lowest BCUT2D eigenvalue weighted by atomic mass is 10.2. The van der Waals surface area contributed by atoms with Gasteiger partial charge in [0, 0.05) is 18.8 Å². The van der Waals surface area contributed by atoms with Crippen LogP contribution in [0.1, 0.15) is 10.4 Å². The Balaban J connectivity index is 1.95. The fourth-order valence-corrected chi connectivity index (χ4v) is 3.24. The maximum absolute atomic E-state index is 12.4. The van der Waals surface area contributed by atoms with Crippen molar-refractivity contribution in [2.75, 3.05) is 4.72 Å². The van der Waals surface area contributed by atoms with Crippen LogP contribution in [-0.4, -0.2) is 19.0 Å². The van der Waals surface area contributed by atoms with Gasteiger partial charge >= 0.3 is 5.76 Å². The second-order valence-corrected chi connectivity index (χ2v) is 6.71. The maximum Gasteiger partial charge on any atom is 0.419 e. The van der Waals surface area contributed by atoms with E-state index in [0.717, 1.165) is 0 Å². The van der Waals surface area contributed by atoms with E-state index in [0.29, 0.717) is 5.52 Å². The highest BCUT2D eigenvalue weighted by molar-refractivity contribution is 7.92. The largest absolute Gasteiger partial charge is 0.545 e. The molecule has 0 aliphatic heterocycles. The Hall–Kier alpha value is -3.07. The Kier molecular flexibility index (Phi) is 3.64. The van der Waals surface area contributed by atoms with E-state index in [1.165, 1.54) is 54.1 Å². The van der Waals surface area contributed by atoms with Crippen molar-refractivity contribution >= 4 is 32.8 Å². The van der Waals surface area contributed by atoms with Crippen LogP contribution in [0.4, 0.5) is 5.69 Å². The highest BCUT2D eigenvalue weighted by Gasteiger charge is 2.17. The molecule has 124 valence electrons. The Morgan fingerprint density at radius 1 is 1.17 bits per heavy atom. The van der Waals surface area contributed by atoms with Crippen molar-refractivity contribution in [2.45, 2.75) is 4.90 Å². The van der Waals surface area contributed by atoms with Gasteiger partial charge in [0.05, 0.1) is 16.4 Å². The average molecular weight is 347 g/mol. The third kappa shape index (κ3) is 2.76. The number of aromatic carboxylic acids is 1. The molecular weight excluding hydrogens is 336 g/mol. The summed E-state index contributed by atoms with van der Waals surface area (Å²) in [5, 5.41) is 10.7. The summed E-state index contributed by atoms with van der Waals surface area (Å²) >= 11 is 0. The summed E-state index contributed by atoms with van der Waals surface area (Å²) in [4.78, 5) is 22.1. The number of sulfonamides is 1. The monoisotopic (exact) mass is 347 g/mol. The molecule has 2 aromatic carbocycles. The first-order valence-corrected chi connectivity index (χ1v) is 8.20. The van der Waals surface area contributed by atoms with Gasteiger partial charge in [-0.3, -0.25) is 9.29 Å². The average Bonchev–Trinajstić information content (AvgIpc) is 2.82. The summed E-state index contributed by atoms with van der Waals surface area (Å²) in [6, 6.07) is 9.13. The van der Waals surface area contributed by atoms with Gasteiger partial charge in [0.25, 0.3) is 10.0 Å². The lowest BCUT2D eigenvalue weighted by molar-refractivity contribution is -0.255. The zero-order chi connectivity index (χ0) is 17.5. The fourth-order valence-electron chi connectivity index (χ4n) is 2.17. The molecule has 0 aliphatic rings. The number of anilines is 1. The van der Waals surface area contributed by atoms with Gasteiger partial charge in [-0.15, -0.1) is 0 Å². The Morgan fingerprint density at radius 2 is 1.83 bits per heavy atom. The van der Waals surface area contributed by atoms with Crippen molar-refractivity contribution in [3.63, 3.8) is 0 Å². The first kappa shape index (κ1) is 15.8. The van der Waals surface area contributed by atoms with Crippen molar-refractivity contribution in [3.8, 4) is 0 Å².